The van der Waals surface area contributed by atoms with E-state index in [0.29, 0.717) is 15.9 Å². The summed E-state index contributed by atoms with van der Waals surface area (Å²) >= 11 is 13.5. The fraction of sp³-hybridized carbons (Fsp3) is 0.0833. The number of thioether (sulfide) groups is 1. The molecule has 0 fully saturated rings. The van der Waals surface area contributed by atoms with E-state index >= 15 is 0 Å². The smallest absolute Gasteiger partial charge is 0.123 e. The highest BCUT2D eigenvalue weighted by Crippen LogP contribution is 2.29. The molecule has 0 radical (unpaired) electrons. The maximum absolute atomic E-state index is 5.95. The van der Waals surface area contributed by atoms with Crippen LogP contribution in [0.5, 0.6) is 0 Å². The van der Waals surface area contributed by atoms with E-state index in [2.05, 4.69) is 4.98 Å². The molecule has 0 amide bonds. The Labute approximate surface area is 114 Å². The number of pyridine rings is 1. The fourth-order valence-electron chi connectivity index (χ4n) is 1.32. The maximum atomic E-state index is 5.95. The molecule has 17 heavy (non-hydrogen) atoms. The molecule has 2 N–H and O–H groups in total. The largest absolute Gasteiger partial charge is 0.384 e. The Balaban J connectivity index is 2.05. The first-order valence-corrected chi connectivity index (χ1v) is 6.67. The zero-order valence-corrected chi connectivity index (χ0v) is 11.2. The van der Waals surface area contributed by atoms with Crippen LogP contribution in [0.3, 0.4) is 0 Å². The number of aromatic nitrogens is 1. The number of rotatable bonds is 3. The van der Waals surface area contributed by atoms with Crippen LogP contribution in [0.2, 0.25) is 10.0 Å². The minimum Gasteiger partial charge on any atom is -0.384 e. The average Bonchev–Trinajstić information content (AvgIpc) is 2.31. The molecule has 2 nitrogen and oxygen atoms in total. The molecule has 1 heterocycles. The van der Waals surface area contributed by atoms with Crippen LogP contribution in [0.15, 0.2) is 41.4 Å². The van der Waals surface area contributed by atoms with Crippen LogP contribution in [0, 0.1) is 0 Å². The van der Waals surface area contributed by atoms with Crippen molar-refractivity contribution in [3.05, 3.63) is 52.1 Å². The molecule has 88 valence electrons. The summed E-state index contributed by atoms with van der Waals surface area (Å²) < 4.78 is 0. The molecule has 5 heteroatoms. The highest BCUT2D eigenvalue weighted by atomic mass is 35.5. The van der Waals surface area contributed by atoms with E-state index in [1.54, 1.807) is 24.0 Å². The van der Waals surface area contributed by atoms with Gasteiger partial charge >= 0.3 is 0 Å². The molecule has 0 saturated carbocycles. The standard InChI is InChI=1S/C12H10Cl2N2S/c13-10-2-1-9(6-11(10)14)17-7-8-3-4-16-12(15)5-8/h1-6H,7H2,(H2,15,16). The van der Waals surface area contributed by atoms with Gasteiger partial charge in [0.2, 0.25) is 0 Å². The zero-order chi connectivity index (χ0) is 12.3. The van der Waals surface area contributed by atoms with Gasteiger partial charge in [-0.15, -0.1) is 11.8 Å². The summed E-state index contributed by atoms with van der Waals surface area (Å²) in [6.45, 7) is 0. The van der Waals surface area contributed by atoms with Gasteiger partial charge < -0.3 is 5.73 Å². The second-order valence-corrected chi connectivity index (χ2v) is 5.32. The van der Waals surface area contributed by atoms with E-state index in [0.717, 1.165) is 16.2 Å². The third kappa shape index (κ3) is 3.53. The number of hydrogen-bond donors (Lipinski definition) is 1. The van der Waals surface area contributed by atoms with Gasteiger partial charge in [-0.05, 0) is 35.9 Å². The van der Waals surface area contributed by atoms with Crippen molar-refractivity contribution in [2.75, 3.05) is 5.73 Å². The predicted molar refractivity (Wildman–Crippen MR) is 74.7 cm³/mol. The molecule has 2 aromatic rings. The summed E-state index contributed by atoms with van der Waals surface area (Å²) in [5, 5.41) is 1.15. The molecular weight excluding hydrogens is 275 g/mol. The summed E-state index contributed by atoms with van der Waals surface area (Å²) in [5.41, 5.74) is 6.75. The summed E-state index contributed by atoms with van der Waals surface area (Å²) in [6, 6.07) is 9.42. The lowest BCUT2D eigenvalue weighted by molar-refractivity contribution is 1.28. The van der Waals surface area contributed by atoms with Gasteiger partial charge in [0.1, 0.15) is 5.82 Å². The van der Waals surface area contributed by atoms with Crippen LogP contribution in [0.25, 0.3) is 0 Å². The van der Waals surface area contributed by atoms with Crippen LogP contribution in [-0.4, -0.2) is 4.98 Å². The third-order valence-corrected chi connectivity index (χ3v) is 3.95. The van der Waals surface area contributed by atoms with E-state index in [1.165, 1.54) is 0 Å². The van der Waals surface area contributed by atoms with Crippen molar-refractivity contribution < 1.29 is 0 Å². The second-order valence-electron chi connectivity index (χ2n) is 3.45. The number of anilines is 1. The number of nitrogens with two attached hydrogens (primary N) is 1. The normalized spacial score (nSPS) is 10.5. The fourth-order valence-corrected chi connectivity index (χ4v) is 2.56. The Kier molecular flexibility index (Phi) is 4.15. The average molecular weight is 285 g/mol. The Morgan fingerprint density at radius 3 is 2.65 bits per heavy atom. The van der Waals surface area contributed by atoms with Crippen molar-refractivity contribution in [1.82, 2.24) is 4.98 Å². The molecule has 0 bridgehead atoms. The van der Waals surface area contributed by atoms with Crippen molar-refractivity contribution in [2.45, 2.75) is 10.6 Å². The first kappa shape index (κ1) is 12.6. The Morgan fingerprint density at radius 2 is 1.94 bits per heavy atom. The van der Waals surface area contributed by atoms with E-state index < -0.39 is 0 Å². The minimum atomic E-state index is 0.539. The molecule has 0 aliphatic heterocycles. The predicted octanol–water partition coefficient (Wildman–Crippen LogP) is 4.26. The van der Waals surface area contributed by atoms with Gasteiger partial charge in [-0.2, -0.15) is 0 Å². The first-order valence-electron chi connectivity index (χ1n) is 4.93. The van der Waals surface area contributed by atoms with Crippen LogP contribution in [0.1, 0.15) is 5.56 Å². The number of nitrogen functional groups attached to an aromatic ring is 1. The lowest BCUT2D eigenvalue weighted by atomic mass is 10.3. The lowest BCUT2D eigenvalue weighted by Gasteiger charge is -2.04. The molecule has 2 rings (SSSR count). The van der Waals surface area contributed by atoms with E-state index in [4.69, 9.17) is 28.9 Å². The summed E-state index contributed by atoms with van der Waals surface area (Å²) in [6.07, 6.45) is 1.71. The van der Waals surface area contributed by atoms with Crippen molar-refractivity contribution in [1.29, 1.82) is 0 Å². The van der Waals surface area contributed by atoms with Gasteiger partial charge in [0, 0.05) is 16.8 Å². The maximum Gasteiger partial charge on any atom is 0.123 e. The molecule has 0 aliphatic rings. The Hall–Kier alpha value is -0.900. The lowest BCUT2D eigenvalue weighted by Crippen LogP contribution is -1.90. The van der Waals surface area contributed by atoms with Gasteiger partial charge in [-0.3, -0.25) is 0 Å². The van der Waals surface area contributed by atoms with Crippen molar-refractivity contribution in [3.63, 3.8) is 0 Å². The van der Waals surface area contributed by atoms with Crippen LogP contribution < -0.4 is 5.73 Å². The zero-order valence-electron chi connectivity index (χ0n) is 8.86. The topological polar surface area (TPSA) is 38.9 Å². The highest BCUT2D eigenvalue weighted by molar-refractivity contribution is 7.98. The van der Waals surface area contributed by atoms with E-state index in [9.17, 15) is 0 Å². The Morgan fingerprint density at radius 1 is 1.12 bits per heavy atom. The monoisotopic (exact) mass is 284 g/mol. The van der Waals surface area contributed by atoms with Crippen molar-refractivity contribution >= 4 is 40.8 Å². The summed E-state index contributed by atoms with van der Waals surface area (Å²) in [4.78, 5) is 5.03. The van der Waals surface area contributed by atoms with Crippen LogP contribution in [0.4, 0.5) is 5.82 Å². The third-order valence-electron chi connectivity index (χ3n) is 2.14. The molecule has 1 aromatic heterocycles. The first-order chi connectivity index (χ1) is 8.15. The van der Waals surface area contributed by atoms with Gasteiger partial charge in [0.25, 0.3) is 0 Å². The number of hydrogen-bond acceptors (Lipinski definition) is 3. The van der Waals surface area contributed by atoms with Crippen LogP contribution >= 0.6 is 35.0 Å². The number of halogens is 2. The summed E-state index contributed by atoms with van der Waals surface area (Å²) in [5.74, 6) is 1.36. The van der Waals surface area contributed by atoms with Gasteiger partial charge in [-0.1, -0.05) is 23.2 Å². The molecule has 0 aliphatic carbocycles. The van der Waals surface area contributed by atoms with E-state index in [1.807, 2.05) is 24.3 Å². The molecular formula is C12H10Cl2N2S. The number of nitrogens with zero attached hydrogens (tertiary/aromatic N) is 1. The van der Waals surface area contributed by atoms with Gasteiger partial charge in [-0.25, -0.2) is 4.98 Å². The molecule has 0 atom stereocenters. The highest BCUT2D eigenvalue weighted by Gasteiger charge is 2.01. The summed E-state index contributed by atoms with van der Waals surface area (Å²) in [7, 11) is 0. The van der Waals surface area contributed by atoms with Gasteiger partial charge in [0.05, 0.1) is 10.0 Å². The molecule has 1 aromatic carbocycles. The van der Waals surface area contributed by atoms with Gasteiger partial charge in [0.15, 0.2) is 0 Å². The number of benzene rings is 1. The second kappa shape index (κ2) is 5.63. The van der Waals surface area contributed by atoms with Crippen molar-refractivity contribution in [2.24, 2.45) is 0 Å². The Bertz CT molecular complexity index is 532. The molecule has 0 unspecified atom stereocenters. The van der Waals surface area contributed by atoms with E-state index in [-0.39, 0.29) is 0 Å². The van der Waals surface area contributed by atoms with Crippen LogP contribution in [-0.2, 0) is 5.75 Å². The van der Waals surface area contributed by atoms with Crippen molar-refractivity contribution in [3.8, 4) is 0 Å². The SMILES string of the molecule is Nc1cc(CSc2ccc(Cl)c(Cl)c2)ccn1. The quantitative estimate of drug-likeness (QED) is 0.856. The molecule has 0 spiro atoms. The minimum absolute atomic E-state index is 0.539. The molecule has 0 saturated heterocycles.